The molecule has 2 aromatic rings. The third-order valence-electron chi connectivity index (χ3n) is 5.50. The van der Waals surface area contributed by atoms with Crippen LogP contribution in [0.5, 0.6) is 0 Å². The van der Waals surface area contributed by atoms with Crippen molar-refractivity contribution >= 4 is 46.3 Å². The molecule has 3 rings (SSSR count). The van der Waals surface area contributed by atoms with Crippen LogP contribution in [-0.4, -0.2) is 59.4 Å². The van der Waals surface area contributed by atoms with E-state index >= 15 is 0 Å². The SMILES string of the molecule is COC(=O)C(CC1CCNC1=O)NC(=O)C(CC(C)C)NC(=O)c1nc2cccc(Cl)c2[nH]1. The quantitative estimate of drug-likeness (QED) is 0.403. The van der Waals surface area contributed by atoms with Gasteiger partial charge in [-0.25, -0.2) is 9.78 Å². The number of hydrogen-bond acceptors (Lipinski definition) is 6. The second-order valence-corrected chi connectivity index (χ2v) is 8.88. The number of nitrogens with zero attached hydrogens (tertiary/aromatic N) is 1. The molecule has 3 atom stereocenters. The van der Waals surface area contributed by atoms with E-state index in [1.807, 2.05) is 13.8 Å². The van der Waals surface area contributed by atoms with Crippen LogP contribution >= 0.6 is 11.6 Å². The number of fused-ring (bicyclic) bond motifs is 1. The first kappa shape index (κ1) is 24.5. The lowest BCUT2D eigenvalue weighted by molar-refractivity contribution is -0.146. The molecule has 1 aromatic heterocycles. The molecule has 0 bridgehead atoms. The average molecular weight is 478 g/mol. The number of rotatable bonds is 9. The number of para-hydroxylation sites is 1. The predicted molar refractivity (Wildman–Crippen MR) is 121 cm³/mol. The Morgan fingerprint density at radius 1 is 1.24 bits per heavy atom. The third kappa shape index (κ3) is 6.01. The molecule has 11 heteroatoms. The van der Waals surface area contributed by atoms with Crippen LogP contribution in [-0.2, 0) is 19.1 Å². The zero-order chi connectivity index (χ0) is 24.1. The number of aromatic nitrogens is 2. The van der Waals surface area contributed by atoms with Crippen molar-refractivity contribution in [2.75, 3.05) is 13.7 Å². The largest absolute Gasteiger partial charge is 0.467 e. The lowest BCUT2D eigenvalue weighted by Gasteiger charge is -2.24. The highest BCUT2D eigenvalue weighted by atomic mass is 35.5. The van der Waals surface area contributed by atoms with Crippen molar-refractivity contribution in [1.82, 2.24) is 25.9 Å². The Hall–Kier alpha value is -3.14. The molecule has 0 radical (unpaired) electrons. The monoisotopic (exact) mass is 477 g/mol. The highest BCUT2D eigenvalue weighted by Crippen LogP contribution is 2.21. The van der Waals surface area contributed by atoms with E-state index in [4.69, 9.17) is 16.3 Å². The molecule has 0 spiro atoms. The minimum absolute atomic E-state index is 0.0202. The first-order chi connectivity index (χ1) is 15.7. The Balaban J connectivity index is 1.74. The number of hydrogen-bond donors (Lipinski definition) is 4. The molecule has 1 aliphatic heterocycles. The number of ether oxygens (including phenoxy) is 1. The number of H-pyrrole nitrogens is 1. The Morgan fingerprint density at radius 3 is 2.61 bits per heavy atom. The molecule has 33 heavy (non-hydrogen) atoms. The minimum atomic E-state index is -1.01. The highest BCUT2D eigenvalue weighted by molar-refractivity contribution is 6.35. The van der Waals surface area contributed by atoms with E-state index in [0.29, 0.717) is 35.4 Å². The van der Waals surface area contributed by atoms with Crippen molar-refractivity contribution in [3.05, 3.63) is 29.0 Å². The summed E-state index contributed by atoms with van der Waals surface area (Å²) in [7, 11) is 1.22. The van der Waals surface area contributed by atoms with Crippen molar-refractivity contribution in [2.45, 2.75) is 45.2 Å². The van der Waals surface area contributed by atoms with Gasteiger partial charge in [0.15, 0.2) is 5.82 Å². The summed E-state index contributed by atoms with van der Waals surface area (Å²) in [6.45, 7) is 4.35. The van der Waals surface area contributed by atoms with E-state index in [2.05, 4.69) is 25.9 Å². The Labute approximate surface area is 196 Å². The van der Waals surface area contributed by atoms with Crippen molar-refractivity contribution in [3.63, 3.8) is 0 Å². The smallest absolute Gasteiger partial charge is 0.328 e. The van der Waals surface area contributed by atoms with E-state index in [9.17, 15) is 19.2 Å². The normalized spacial score (nSPS) is 17.5. The van der Waals surface area contributed by atoms with Gasteiger partial charge in [0.25, 0.3) is 5.91 Å². The zero-order valence-electron chi connectivity index (χ0n) is 18.7. The summed E-state index contributed by atoms with van der Waals surface area (Å²) in [5, 5.41) is 8.48. The molecular formula is C22H28ClN5O5. The number of imidazole rings is 1. The van der Waals surface area contributed by atoms with Crippen molar-refractivity contribution < 1.29 is 23.9 Å². The zero-order valence-corrected chi connectivity index (χ0v) is 19.5. The van der Waals surface area contributed by atoms with Gasteiger partial charge >= 0.3 is 5.97 Å². The number of aromatic amines is 1. The molecule has 1 aromatic carbocycles. The molecule has 178 valence electrons. The predicted octanol–water partition coefficient (Wildman–Crippen LogP) is 1.54. The van der Waals surface area contributed by atoms with Gasteiger partial charge in [0.1, 0.15) is 12.1 Å². The second-order valence-electron chi connectivity index (χ2n) is 8.47. The average Bonchev–Trinajstić information content (AvgIpc) is 3.39. The maximum atomic E-state index is 13.1. The van der Waals surface area contributed by atoms with Gasteiger partial charge in [0, 0.05) is 12.5 Å². The summed E-state index contributed by atoms with van der Waals surface area (Å²) in [6.07, 6.45) is 1.02. The Bertz CT molecular complexity index is 1050. The van der Waals surface area contributed by atoms with Gasteiger partial charge in [0.2, 0.25) is 11.8 Å². The summed E-state index contributed by atoms with van der Waals surface area (Å²) >= 11 is 6.14. The molecule has 0 aliphatic carbocycles. The lowest BCUT2D eigenvalue weighted by Crippen LogP contribution is -2.53. The van der Waals surface area contributed by atoms with Crippen LogP contribution in [0, 0.1) is 11.8 Å². The van der Waals surface area contributed by atoms with E-state index in [-0.39, 0.29) is 24.1 Å². The summed E-state index contributed by atoms with van der Waals surface area (Å²) in [5.74, 6) is -2.23. The Morgan fingerprint density at radius 2 is 2.00 bits per heavy atom. The molecule has 3 unspecified atom stereocenters. The van der Waals surface area contributed by atoms with E-state index in [1.54, 1.807) is 18.2 Å². The molecule has 10 nitrogen and oxygen atoms in total. The second kappa shape index (κ2) is 10.7. The van der Waals surface area contributed by atoms with Crippen LogP contribution in [0.3, 0.4) is 0 Å². The first-order valence-corrected chi connectivity index (χ1v) is 11.2. The number of carbonyl (C=O) groups is 4. The van der Waals surface area contributed by atoms with Crippen molar-refractivity contribution in [1.29, 1.82) is 0 Å². The summed E-state index contributed by atoms with van der Waals surface area (Å²) in [5.41, 5.74) is 1.05. The summed E-state index contributed by atoms with van der Waals surface area (Å²) < 4.78 is 4.81. The molecular weight excluding hydrogens is 450 g/mol. The highest BCUT2D eigenvalue weighted by Gasteiger charge is 2.34. The summed E-state index contributed by atoms with van der Waals surface area (Å²) in [4.78, 5) is 57.2. The van der Waals surface area contributed by atoms with Gasteiger partial charge in [-0.1, -0.05) is 31.5 Å². The van der Waals surface area contributed by atoms with Crippen LogP contribution in [0.2, 0.25) is 5.02 Å². The van der Waals surface area contributed by atoms with Gasteiger partial charge in [-0.05, 0) is 37.3 Å². The van der Waals surface area contributed by atoms with Gasteiger partial charge in [0.05, 0.1) is 23.2 Å². The molecule has 0 saturated carbocycles. The van der Waals surface area contributed by atoms with Gasteiger partial charge < -0.3 is 25.7 Å². The number of halogens is 1. The maximum absolute atomic E-state index is 13.1. The Kier molecular flexibility index (Phi) is 7.91. The van der Waals surface area contributed by atoms with Gasteiger partial charge in [-0.2, -0.15) is 0 Å². The molecule has 1 fully saturated rings. The molecule has 3 amide bonds. The standard InChI is InChI=1S/C22H28ClN5O5/c1-11(2)9-15(26-21(31)18-25-14-6-4-5-13(23)17(14)28-18)20(30)27-16(22(32)33-3)10-12-7-8-24-19(12)29/h4-6,11-12,15-16H,7-10H2,1-3H3,(H,24,29)(H,25,28)(H,26,31)(H,27,30). The number of carbonyl (C=O) groups excluding carboxylic acids is 4. The topological polar surface area (TPSA) is 142 Å². The van der Waals surface area contributed by atoms with Crippen molar-refractivity contribution in [3.8, 4) is 0 Å². The fourth-order valence-corrected chi connectivity index (χ4v) is 4.03. The lowest BCUT2D eigenvalue weighted by atomic mass is 9.97. The molecule has 1 saturated heterocycles. The fraction of sp³-hybridized carbons (Fsp3) is 0.500. The van der Waals surface area contributed by atoms with Crippen molar-refractivity contribution in [2.24, 2.45) is 11.8 Å². The van der Waals surface area contributed by atoms with Crippen LogP contribution in [0.4, 0.5) is 0 Å². The number of nitrogens with one attached hydrogen (secondary N) is 4. The number of amides is 3. The van der Waals surface area contributed by atoms with Gasteiger partial charge in [-0.3, -0.25) is 14.4 Å². The molecule has 1 aliphatic rings. The number of benzene rings is 1. The van der Waals surface area contributed by atoms with Crippen LogP contribution in [0.15, 0.2) is 18.2 Å². The third-order valence-corrected chi connectivity index (χ3v) is 5.81. The fourth-order valence-electron chi connectivity index (χ4n) is 3.82. The number of methoxy groups -OCH3 is 1. The van der Waals surface area contributed by atoms with E-state index in [0.717, 1.165) is 0 Å². The minimum Gasteiger partial charge on any atom is -0.467 e. The van der Waals surface area contributed by atoms with Gasteiger partial charge in [-0.15, -0.1) is 0 Å². The van der Waals surface area contributed by atoms with Crippen LogP contribution in [0.25, 0.3) is 11.0 Å². The van der Waals surface area contributed by atoms with E-state index in [1.165, 1.54) is 7.11 Å². The van der Waals surface area contributed by atoms with E-state index < -0.39 is 35.8 Å². The maximum Gasteiger partial charge on any atom is 0.328 e. The number of esters is 1. The van der Waals surface area contributed by atoms with Crippen LogP contribution < -0.4 is 16.0 Å². The van der Waals surface area contributed by atoms with Crippen LogP contribution in [0.1, 0.15) is 43.7 Å². The first-order valence-electron chi connectivity index (χ1n) is 10.8. The molecule has 4 N–H and O–H groups in total. The summed E-state index contributed by atoms with van der Waals surface area (Å²) in [6, 6.07) is 3.18. The molecule has 2 heterocycles.